The van der Waals surface area contributed by atoms with Crippen molar-refractivity contribution in [3.05, 3.63) is 24.0 Å². The molecule has 2 fully saturated rings. The standard InChI is InChI=1S/C17H20FN3O3S/c1-23-14-8-21(10-17(14)5-2-6-24-17)9-15(22)20-16-19-12-4-3-11(18)7-13(12)25-16/h3-4,7,14H,2,5-6,8-10H2,1H3,(H,19,20,22)/t14-,17-/m1/s1. The lowest BCUT2D eigenvalue weighted by Gasteiger charge is -2.28. The van der Waals surface area contributed by atoms with Gasteiger partial charge < -0.3 is 14.8 Å². The second-order valence-electron chi connectivity index (χ2n) is 6.59. The van der Waals surface area contributed by atoms with Crippen LogP contribution in [0, 0.1) is 5.82 Å². The fraction of sp³-hybridized carbons (Fsp3) is 0.529. The van der Waals surface area contributed by atoms with Gasteiger partial charge in [0, 0.05) is 26.8 Å². The SMILES string of the molecule is CO[C@@H]1CN(CC(=O)Nc2nc3ccc(F)cc3s2)C[C@]12CCCO2. The predicted octanol–water partition coefficient (Wildman–Crippen LogP) is 2.25. The molecular weight excluding hydrogens is 345 g/mol. The molecule has 2 aliphatic heterocycles. The molecule has 2 aliphatic rings. The zero-order valence-electron chi connectivity index (χ0n) is 14.0. The fourth-order valence-electron chi connectivity index (χ4n) is 3.77. The number of nitrogens with zero attached hydrogens (tertiary/aromatic N) is 2. The number of anilines is 1. The van der Waals surface area contributed by atoms with Crippen LogP contribution < -0.4 is 5.32 Å². The molecule has 0 radical (unpaired) electrons. The van der Waals surface area contributed by atoms with Crippen molar-refractivity contribution < 1.29 is 18.7 Å². The van der Waals surface area contributed by atoms with E-state index in [1.165, 1.54) is 23.5 Å². The lowest BCUT2D eigenvalue weighted by atomic mass is 9.97. The molecule has 2 atom stereocenters. The summed E-state index contributed by atoms with van der Waals surface area (Å²) < 4.78 is 25.5. The lowest BCUT2D eigenvalue weighted by molar-refractivity contribution is -0.117. The third-order valence-electron chi connectivity index (χ3n) is 4.88. The maximum Gasteiger partial charge on any atom is 0.240 e. The van der Waals surface area contributed by atoms with Crippen LogP contribution in [0.25, 0.3) is 10.2 Å². The van der Waals surface area contributed by atoms with Gasteiger partial charge in [-0.3, -0.25) is 9.69 Å². The van der Waals surface area contributed by atoms with E-state index < -0.39 is 0 Å². The first-order chi connectivity index (χ1) is 12.1. The molecule has 0 aliphatic carbocycles. The minimum atomic E-state index is -0.307. The second-order valence-corrected chi connectivity index (χ2v) is 7.62. The lowest BCUT2D eigenvalue weighted by Crippen LogP contribution is -2.42. The van der Waals surface area contributed by atoms with Gasteiger partial charge in [-0.1, -0.05) is 11.3 Å². The van der Waals surface area contributed by atoms with Gasteiger partial charge in [-0.15, -0.1) is 0 Å². The number of benzene rings is 1. The van der Waals surface area contributed by atoms with Crippen molar-refractivity contribution in [1.29, 1.82) is 0 Å². The zero-order valence-corrected chi connectivity index (χ0v) is 14.8. The summed E-state index contributed by atoms with van der Waals surface area (Å²) in [4.78, 5) is 18.7. The largest absolute Gasteiger partial charge is 0.377 e. The number of fused-ring (bicyclic) bond motifs is 1. The molecule has 1 aromatic heterocycles. The van der Waals surface area contributed by atoms with Gasteiger partial charge in [0.1, 0.15) is 11.4 Å². The predicted molar refractivity (Wildman–Crippen MR) is 93.4 cm³/mol. The van der Waals surface area contributed by atoms with Crippen LogP contribution in [0.5, 0.6) is 0 Å². The average molecular weight is 365 g/mol. The van der Waals surface area contributed by atoms with E-state index in [2.05, 4.69) is 15.2 Å². The zero-order chi connectivity index (χ0) is 17.4. The molecule has 1 spiro atoms. The van der Waals surface area contributed by atoms with Gasteiger partial charge in [0.15, 0.2) is 5.13 Å². The summed E-state index contributed by atoms with van der Waals surface area (Å²) in [5.41, 5.74) is 0.406. The van der Waals surface area contributed by atoms with E-state index in [1.54, 1.807) is 13.2 Å². The molecule has 8 heteroatoms. The summed E-state index contributed by atoms with van der Waals surface area (Å²) in [7, 11) is 1.69. The van der Waals surface area contributed by atoms with E-state index >= 15 is 0 Å². The maximum absolute atomic E-state index is 13.3. The molecule has 1 aromatic carbocycles. The van der Waals surface area contributed by atoms with Gasteiger partial charge >= 0.3 is 0 Å². The van der Waals surface area contributed by atoms with Crippen LogP contribution in [0.15, 0.2) is 18.2 Å². The van der Waals surface area contributed by atoms with E-state index in [4.69, 9.17) is 9.47 Å². The third kappa shape index (κ3) is 3.27. The Morgan fingerprint density at radius 2 is 2.48 bits per heavy atom. The quantitative estimate of drug-likeness (QED) is 0.900. The third-order valence-corrected chi connectivity index (χ3v) is 5.82. The minimum Gasteiger partial charge on any atom is -0.377 e. The number of amides is 1. The van der Waals surface area contributed by atoms with E-state index in [0.717, 1.165) is 19.4 Å². The topological polar surface area (TPSA) is 63.7 Å². The van der Waals surface area contributed by atoms with Crippen molar-refractivity contribution in [1.82, 2.24) is 9.88 Å². The molecule has 0 unspecified atom stereocenters. The van der Waals surface area contributed by atoms with Crippen LogP contribution in [0.2, 0.25) is 0 Å². The number of likely N-dealkylation sites (tertiary alicyclic amines) is 1. The Labute approximate surface area is 148 Å². The number of rotatable bonds is 4. The Hall–Kier alpha value is -1.61. The highest BCUT2D eigenvalue weighted by Crippen LogP contribution is 2.36. The molecule has 0 bridgehead atoms. The Bertz CT molecular complexity index is 791. The van der Waals surface area contributed by atoms with Gasteiger partial charge in [-0.2, -0.15) is 0 Å². The first-order valence-electron chi connectivity index (χ1n) is 8.33. The highest BCUT2D eigenvalue weighted by atomic mass is 32.1. The number of carbonyl (C=O) groups excluding carboxylic acids is 1. The van der Waals surface area contributed by atoms with Crippen LogP contribution >= 0.6 is 11.3 Å². The first kappa shape index (κ1) is 16.8. The summed E-state index contributed by atoms with van der Waals surface area (Å²) in [5.74, 6) is -0.442. The molecule has 1 amide bonds. The Balaban J connectivity index is 1.40. The Kier molecular flexibility index (Phi) is 4.45. The number of hydrogen-bond donors (Lipinski definition) is 1. The number of thiazole rings is 1. The highest BCUT2D eigenvalue weighted by molar-refractivity contribution is 7.22. The van der Waals surface area contributed by atoms with Crippen LogP contribution in [0.3, 0.4) is 0 Å². The van der Waals surface area contributed by atoms with Crippen LogP contribution in [-0.4, -0.2) is 60.8 Å². The number of halogens is 1. The van der Waals surface area contributed by atoms with Crippen LogP contribution in [0.4, 0.5) is 9.52 Å². The number of hydrogen-bond acceptors (Lipinski definition) is 6. The monoisotopic (exact) mass is 365 g/mol. The molecule has 0 saturated carbocycles. The number of aromatic nitrogens is 1. The van der Waals surface area contributed by atoms with E-state index in [-0.39, 0.29) is 30.0 Å². The van der Waals surface area contributed by atoms with E-state index in [9.17, 15) is 9.18 Å². The molecule has 25 heavy (non-hydrogen) atoms. The number of methoxy groups -OCH3 is 1. The summed E-state index contributed by atoms with van der Waals surface area (Å²) >= 11 is 1.27. The molecule has 3 heterocycles. The van der Waals surface area contributed by atoms with Crippen molar-refractivity contribution in [2.45, 2.75) is 24.5 Å². The number of ether oxygens (including phenoxy) is 2. The number of carbonyl (C=O) groups is 1. The summed E-state index contributed by atoms with van der Waals surface area (Å²) in [6.45, 7) is 2.39. The van der Waals surface area contributed by atoms with Gasteiger partial charge in [0.25, 0.3) is 0 Å². The van der Waals surface area contributed by atoms with Crippen molar-refractivity contribution in [3.8, 4) is 0 Å². The molecule has 2 aromatic rings. The van der Waals surface area contributed by atoms with Gasteiger partial charge in [0.2, 0.25) is 5.91 Å². The Morgan fingerprint density at radius 3 is 3.24 bits per heavy atom. The highest BCUT2D eigenvalue weighted by Gasteiger charge is 2.50. The smallest absolute Gasteiger partial charge is 0.240 e. The van der Waals surface area contributed by atoms with Crippen molar-refractivity contribution >= 4 is 32.6 Å². The molecule has 6 nitrogen and oxygen atoms in total. The molecular formula is C17H20FN3O3S. The van der Waals surface area contributed by atoms with Crippen LogP contribution in [0.1, 0.15) is 12.8 Å². The minimum absolute atomic E-state index is 0.00627. The van der Waals surface area contributed by atoms with Crippen LogP contribution in [-0.2, 0) is 14.3 Å². The molecule has 2 saturated heterocycles. The van der Waals surface area contributed by atoms with Gasteiger partial charge in [0.05, 0.1) is 22.9 Å². The van der Waals surface area contributed by atoms with E-state index in [0.29, 0.717) is 28.4 Å². The van der Waals surface area contributed by atoms with Gasteiger partial charge in [-0.05, 0) is 31.0 Å². The molecule has 1 N–H and O–H groups in total. The van der Waals surface area contributed by atoms with Crippen molar-refractivity contribution in [3.63, 3.8) is 0 Å². The number of nitrogens with one attached hydrogen (secondary N) is 1. The average Bonchev–Trinajstić information content (AvgIpc) is 3.26. The van der Waals surface area contributed by atoms with Crippen molar-refractivity contribution in [2.24, 2.45) is 0 Å². The first-order valence-corrected chi connectivity index (χ1v) is 9.15. The Morgan fingerprint density at radius 1 is 1.60 bits per heavy atom. The summed E-state index contributed by atoms with van der Waals surface area (Å²) in [5, 5.41) is 3.30. The summed E-state index contributed by atoms with van der Waals surface area (Å²) in [6, 6.07) is 4.40. The van der Waals surface area contributed by atoms with Gasteiger partial charge in [-0.25, -0.2) is 9.37 Å². The molecule has 134 valence electrons. The fourth-order valence-corrected chi connectivity index (χ4v) is 4.67. The normalized spacial score (nSPS) is 26.7. The van der Waals surface area contributed by atoms with E-state index in [1.807, 2.05) is 0 Å². The second kappa shape index (κ2) is 6.60. The summed E-state index contributed by atoms with van der Waals surface area (Å²) in [6.07, 6.45) is 1.99. The molecule has 4 rings (SSSR count). The maximum atomic E-state index is 13.3. The van der Waals surface area contributed by atoms with Crippen molar-refractivity contribution in [2.75, 3.05) is 38.7 Å².